The molecule has 28 heavy (non-hydrogen) atoms. The highest BCUT2D eigenvalue weighted by molar-refractivity contribution is 7.87. The molecule has 0 aliphatic heterocycles. The van der Waals surface area contributed by atoms with Crippen LogP contribution in [0.5, 0.6) is 0 Å². The van der Waals surface area contributed by atoms with Crippen LogP contribution in [0.4, 0.5) is 35.1 Å². The molecule has 12 heteroatoms. The van der Waals surface area contributed by atoms with Crippen molar-refractivity contribution in [2.24, 2.45) is 23.2 Å². The van der Waals surface area contributed by atoms with Crippen molar-refractivity contribution in [3.05, 3.63) is 0 Å². The molecule has 2 rings (SSSR count). The molecule has 4 unspecified atom stereocenters. The quantitative estimate of drug-likeness (QED) is 0.418. The fourth-order valence-corrected chi connectivity index (χ4v) is 4.71. The normalized spacial score (nSPS) is 28.6. The molecular weight excluding hydrogens is 424 g/mol. The summed E-state index contributed by atoms with van der Waals surface area (Å²) in [6, 6.07) is 0. The summed E-state index contributed by atoms with van der Waals surface area (Å²) in [7, 11) is -2.07. The summed E-state index contributed by atoms with van der Waals surface area (Å²) in [6.07, 6.45) is -11.1. The van der Waals surface area contributed by atoms with E-state index in [1.165, 1.54) is 7.11 Å². The second-order valence-electron chi connectivity index (χ2n) is 7.50. The Morgan fingerprint density at radius 3 is 1.79 bits per heavy atom. The van der Waals surface area contributed by atoms with Crippen molar-refractivity contribution < 1.29 is 47.7 Å². The van der Waals surface area contributed by atoms with Gasteiger partial charge in [0.15, 0.2) is 5.41 Å². The fourth-order valence-electron chi connectivity index (χ4n) is 3.97. The number of fused-ring (bicyclic) bond motifs is 2. The van der Waals surface area contributed by atoms with E-state index in [2.05, 4.69) is 4.18 Å². The van der Waals surface area contributed by atoms with Crippen LogP contribution in [0.15, 0.2) is 0 Å². The summed E-state index contributed by atoms with van der Waals surface area (Å²) in [5, 5.41) is -0.387. The van der Waals surface area contributed by atoms with Crippen LogP contribution in [0.1, 0.15) is 46.5 Å². The average molecular weight is 448 g/mol. The molecule has 0 aromatic rings. The van der Waals surface area contributed by atoms with Crippen LogP contribution < -0.4 is 0 Å². The van der Waals surface area contributed by atoms with E-state index in [4.69, 9.17) is 0 Å². The van der Waals surface area contributed by atoms with Crippen LogP contribution in [-0.4, -0.2) is 39.1 Å². The lowest BCUT2D eigenvalue weighted by Gasteiger charge is -2.45. The Bertz CT molecular complexity index is 627. The zero-order valence-corrected chi connectivity index (χ0v) is 16.6. The molecule has 2 fully saturated rings. The Labute approximate surface area is 158 Å². The Morgan fingerprint density at radius 1 is 1.07 bits per heavy atom. The van der Waals surface area contributed by atoms with Gasteiger partial charge in [-0.25, -0.2) is 8.78 Å². The SMILES string of the molecule is CC(C1C2CCC(C2)C1(F)F)(C(F)(F)F)C(F)(F)F.CCC(C)S(=O)(=O)OC. The highest BCUT2D eigenvalue weighted by atomic mass is 32.2. The van der Waals surface area contributed by atoms with Gasteiger partial charge < -0.3 is 0 Å². The molecule has 0 N–H and O–H groups in total. The molecule has 3 nitrogen and oxygen atoms in total. The molecule has 4 atom stereocenters. The van der Waals surface area contributed by atoms with Crippen molar-refractivity contribution >= 4 is 10.1 Å². The molecule has 2 saturated carbocycles. The smallest absolute Gasteiger partial charge is 0.273 e. The van der Waals surface area contributed by atoms with Gasteiger partial charge in [0.1, 0.15) is 0 Å². The Kier molecular flexibility index (Phi) is 7.15. The van der Waals surface area contributed by atoms with Crippen LogP contribution >= 0.6 is 0 Å². The number of halogens is 8. The van der Waals surface area contributed by atoms with E-state index in [9.17, 15) is 43.5 Å². The van der Waals surface area contributed by atoms with Crippen molar-refractivity contribution in [2.75, 3.05) is 7.11 Å². The highest BCUT2D eigenvalue weighted by Crippen LogP contribution is 2.69. The summed E-state index contributed by atoms with van der Waals surface area (Å²) >= 11 is 0. The molecule has 168 valence electrons. The van der Waals surface area contributed by atoms with E-state index >= 15 is 0 Å². The van der Waals surface area contributed by atoms with Gasteiger partial charge in [0, 0.05) is 11.8 Å². The maximum atomic E-state index is 13.9. The number of rotatable bonds is 4. The van der Waals surface area contributed by atoms with Gasteiger partial charge in [0.2, 0.25) is 0 Å². The van der Waals surface area contributed by atoms with Gasteiger partial charge >= 0.3 is 12.4 Å². The average Bonchev–Trinajstić information content (AvgIpc) is 3.10. The minimum absolute atomic E-state index is 0.0000387. The molecule has 0 radical (unpaired) electrons. The van der Waals surface area contributed by atoms with Gasteiger partial charge in [-0.3, -0.25) is 4.18 Å². The van der Waals surface area contributed by atoms with Crippen LogP contribution in [0, 0.1) is 23.2 Å². The first-order chi connectivity index (χ1) is 12.4. The van der Waals surface area contributed by atoms with Gasteiger partial charge in [-0.1, -0.05) is 6.92 Å². The van der Waals surface area contributed by atoms with Crippen molar-refractivity contribution in [3.63, 3.8) is 0 Å². The van der Waals surface area contributed by atoms with E-state index in [0.717, 1.165) is 0 Å². The second-order valence-corrected chi connectivity index (χ2v) is 9.62. The summed E-state index contributed by atoms with van der Waals surface area (Å²) in [5.74, 6) is -9.19. The summed E-state index contributed by atoms with van der Waals surface area (Å²) < 4.78 is 131. The molecule has 0 aromatic carbocycles. The molecule has 2 bridgehead atoms. The minimum atomic E-state index is -5.75. The van der Waals surface area contributed by atoms with Crippen LogP contribution in [-0.2, 0) is 14.3 Å². The largest absolute Gasteiger partial charge is 0.403 e. The summed E-state index contributed by atoms with van der Waals surface area (Å²) in [5.41, 5.74) is -4.36. The highest BCUT2D eigenvalue weighted by Gasteiger charge is 2.79. The third kappa shape index (κ3) is 4.27. The fraction of sp³-hybridized carbons (Fsp3) is 1.00. The number of hydrogen-bond donors (Lipinski definition) is 0. The lowest BCUT2D eigenvalue weighted by atomic mass is 9.66. The van der Waals surface area contributed by atoms with Crippen molar-refractivity contribution in [1.82, 2.24) is 0 Å². The topological polar surface area (TPSA) is 43.4 Å². The molecule has 0 aromatic heterocycles. The van der Waals surface area contributed by atoms with E-state index in [0.29, 0.717) is 6.42 Å². The van der Waals surface area contributed by atoms with Gasteiger partial charge in [0.05, 0.1) is 12.4 Å². The van der Waals surface area contributed by atoms with Crippen molar-refractivity contribution in [3.8, 4) is 0 Å². The van der Waals surface area contributed by atoms with Crippen LogP contribution in [0.3, 0.4) is 0 Å². The summed E-state index contributed by atoms with van der Waals surface area (Å²) in [4.78, 5) is 0. The zero-order valence-electron chi connectivity index (χ0n) is 15.8. The van der Waals surface area contributed by atoms with Gasteiger partial charge in [0.25, 0.3) is 16.0 Å². The van der Waals surface area contributed by atoms with Crippen molar-refractivity contribution in [2.45, 2.75) is 70.0 Å². The Hall–Kier alpha value is -0.650. The molecule has 0 heterocycles. The van der Waals surface area contributed by atoms with Gasteiger partial charge in [-0.2, -0.15) is 34.8 Å². The Balaban J connectivity index is 0.000000370. The third-order valence-corrected chi connectivity index (χ3v) is 7.79. The van der Waals surface area contributed by atoms with E-state index < -0.39 is 51.6 Å². The van der Waals surface area contributed by atoms with Gasteiger partial charge in [-0.15, -0.1) is 0 Å². The third-order valence-electron chi connectivity index (χ3n) is 6.00. The first-order valence-electron chi connectivity index (χ1n) is 8.68. The molecule has 2 aliphatic rings. The maximum absolute atomic E-state index is 13.9. The van der Waals surface area contributed by atoms with E-state index in [-0.39, 0.29) is 31.4 Å². The molecule has 0 amide bonds. The maximum Gasteiger partial charge on any atom is 0.403 e. The predicted molar refractivity (Wildman–Crippen MR) is 85.2 cm³/mol. The summed E-state index contributed by atoms with van der Waals surface area (Å²) in [6.45, 7) is 3.30. The minimum Gasteiger partial charge on any atom is -0.273 e. The second kappa shape index (κ2) is 7.88. The first kappa shape index (κ1) is 25.4. The standard InChI is InChI=1S/C11H12F8.C5H12O3S/c1-8(10(14,15)16,11(17,18)19)7-5-2-3-6(4-5)9(7,12)13;1-4-5(2)9(6,7)8-3/h5-7H,2-4H2,1H3;5H,4H2,1-3H3. The molecule has 2 aliphatic carbocycles. The monoisotopic (exact) mass is 448 g/mol. The lowest BCUT2D eigenvalue weighted by molar-refractivity contribution is -0.375. The first-order valence-corrected chi connectivity index (χ1v) is 10.2. The Morgan fingerprint density at radius 2 is 1.54 bits per heavy atom. The molecular formula is C16H24F8O3S. The van der Waals surface area contributed by atoms with Gasteiger partial charge in [-0.05, 0) is 45.4 Å². The molecule has 0 saturated heterocycles. The predicted octanol–water partition coefficient (Wildman–Crippen LogP) is 5.56. The van der Waals surface area contributed by atoms with Crippen LogP contribution in [0.25, 0.3) is 0 Å². The van der Waals surface area contributed by atoms with E-state index in [1.807, 2.05) is 0 Å². The number of hydrogen-bond acceptors (Lipinski definition) is 3. The lowest BCUT2D eigenvalue weighted by Crippen LogP contribution is -2.59. The van der Waals surface area contributed by atoms with Crippen LogP contribution in [0.2, 0.25) is 0 Å². The molecule has 0 spiro atoms. The van der Waals surface area contributed by atoms with Crippen molar-refractivity contribution in [1.29, 1.82) is 0 Å². The van der Waals surface area contributed by atoms with E-state index in [1.54, 1.807) is 13.8 Å². The zero-order chi connectivity index (χ0) is 22.3. The number of alkyl halides is 8.